The Balaban J connectivity index is 2.85. The van der Waals surface area contributed by atoms with E-state index in [0.29, 0.717) is 0 Å². The van der Waals surface area contributed by atoms with Crippen LogP contribution in [0.25, 0.3) is 0 Å². The van der Waals surface area contributed by atoms with Crippen LogP contribution in [0.15, 0.2) is 0 Å². The van der Waals surface area contributed by atoms with Crippen LogP contribution >= 0.6 is 27.1 Å². The van der Waals surface area contributed by atoms with Gasteiger partial charge in [0.25, 0.3) is 0 Å². The van der Waals surface area contributed by atoms with Gasteiger partial charge in [-0.15, -0.1) is 0 Å². The van der Waals surface area contributed by atoms with Crippen LogP contribution < -0.4 is 0 Å². The third-order valence-electron chi connectivity index (χ3n) is 0.105. The number of hydrogen-bond acceptors (Lipinski definition) is 1. The molecule has 0 saturated heterocycles. The molecule has 1 atom stereocenters. The fourth-order valence-electron chi connectivity index (χ4n) is 0. The summed E-state index contributed by atoms with van der Waals surface area (Å²) in [5.74, 6) is -1.75. The van der Waals surface area contributed by atoms with E-state index >= 15 is 0 Å². The van der Waals surface area contributed by atoms with Crippen molar-refractivity contribution < 1.29 is 4.57 Å². The fraction of sp³-hybridized carbons (Fsp3) is 0. The summed E-state index contributed by atoms with van der Waals surface area (Å²) in [5, 5.41) is 0. The number of rotatable bonds is 1. The van der Waals surface area contributed by atoms with Crippen LogP contribution in [0.2, 0.25) is 0 Å². The first-order valence-electron chi connectivity index (χ1n) is 1.01. The van der Waals surface area contributed by atoms with Crippen LogP contribution in [0.5, 0.6) is 0 Å². The predicted octanol–water partition coefficient (Wildman–Crippen LogP) is 1.21. The highest BCUT2D eigenvalue weighted by Crippen LogP contribution is 2.23. The van der Waals surface area contributed by atoms with Gasteiger partial charge in [0, 0.05) is 0 Å². The average Bonchev–Trinajstić information content (AvgIpc) is 1.38. The highest BCUT2D eigenvalue weighted by Gasteiger charge is 1.89. The van der Waals surface area contributed by atoms with Crippen molar-refractivity contribution in [1.82, 2.24) is 0 Å². The minimum Gasteiger partial charge on any atom is -0.328 e. The molecule has 0 aliphatic rings. The van der Waals surface area contributed by atoms with Crippen LogP contribution in [0.3, 0.4) is 0 Å². The van der Waals surface area contributed by atoms with Crippen molar-refractivity contribution in [3.8, 4) is 0 Å². The van der Waals surface area contributed by atoms with Gasteiger partial charge in [0.15, 0.2) is 0 Å². The molecular weight excluding hydrogens is 145 g/mol. The van der Waals surface area contributed by atoms with Crippen LogP contribution in [0, 0.1) is 0 Å². The minimum absolute atomic E-state index is 0.867. The van der Waals surface area contributed by atoms with E-state index in [4.69, 9.17) is 21.3 Å². The maximum atomic E-state index is 9.69. The van der Waals surface area contributed by atoms with Gasteiger partial charge < -0.3 is 4.57 Å². The standard InChI is InChI=1S/Al.ClOP.ClH.H/c;1-3-2;;/h;;1H;. The van der Waals surface area contributed by atoms with Gasteiger partial charge in [0.1, 0.15) is 5.80 Å². The summed E-state index contributed by atoms with van der Waals surface area (Å²) < 4.78 is 9.69. The Morgan fingerprint density at radius 3 is 2.00 bits per heavy atom. The van der Waals surface area contributed by atoms with Gasteiger partial charge in [-0.25, -0.2) is 0 Å². The molecule has 0 aromatic rings. The Hall–Kier alpha value is 1.34. The van der Waals surface area contributed by atoms with Crippen molar-refractivity contribution in [2.75, 3.05) is 0 Å². The molecule has 0 aromatic carbocycles. The van der Waals surface area contributed by atoms with E-state index in [1.54, 1.807) is 0 Å². The zero-order chi connectivity index (χ0) is 4.28. The van der Waals surface area contributed by atoms with Crippen LogP contribution in [0.4, 0.5) is 0 Å². The Labute approximate surface area is 45.7 Å². The Morgan fingerprint density at radius 2 is 2.00 bits per heavy atom. The van der Waals surface area contributed by atoms with Gasteiger partial charge >= 0.3 is 13.9 Å². The first-order valence-corrected chi connectivity index (χ1v) is 7.90. The molecule has 0 radical (unpaired) electrons. The van der Waals surface area contributed by atoms with Crippen molar-refractivity contribution in [3.63, 3.8) is 0 Å². The maximum Gasteiger partial charge on any atom is 0.484 e. The molecule has 0 bridgehead atoms. The summed E-state index contributed by atoms with van der Waals surface area (Å²) in [6, 6.07) is 0. The zero-order valence-electron chi connectivity index (χ0n) is 2.37. The molecule has 0 aromatic heterocycles. The summed E-state index contributed by atoms with van der Waals surface area (Å²) in [6.07, 6.45) is 0. The van der Waals surface area contributed by atoms with Gasteiger partial charge in [0.2, 0.25) is 0 Å². The summed E-state index contributed by atoms with van der Waals surface area (Å²) >= 11 is 4.07. The molecule has 0 heterocycles. The van der Waals surface area contributed by atoms with Gasteiger partial charge in [-0.1, -0.05) is 11.2 Å². The van der Waals surface area contributed by atoms with Crippen molar-refractivity contribution in [3.05, 3.63) is 0 Å². The van der Waals surface area contributed by atoms with Gasteiger partial charge in [0.05, 0.1) is 0 Å². The van der Waals surface area contributed by atoms with Crippen molar-refractivity contribution in [1.29, 1.82) is 0 Å². The van der Waals surface area contributed by atoms with E-state index in [0.717, 1.165) is 0 Å². The largest absolute Gasteiger partial charge is 0.484 e. The van der Waals surface area contributed by atoms with E-state index in [-0.39, 0.29) is 0 Å². The first-order chi connectivity index (χ1) is 2.27. The summed E-state index contributed by atoms with van der Waals surface area (Å²) in [4.78, 5) is 0. The molecule has 0 amide bonds. The normalized spacial score (nSPS) is 14.0. The van der Waals surface area contributed by atoms with Crippen LogP contribution in [-0.2, 0) is 4.57 Å². The Bertz CT molecular complexity index is 44.9. The van der Waals surface area contributed by atoms with E-state index in [1.165, 1.54) is 0 Å². The van der Waals surface area contributed by atoms with Crippen molar-refractivity contribution in [2.24, 2.45) is 0 Å². The lowest BCUT2D eigenvalue weighted by Gasteiger charge is -1.64. The maximum absolute atomic E-state index is 9.69. The van der Waals surface area contributed by atoms with Crippen molar-refractivity contribution >= 4 is 40.9 Å². The molecule has 5 heavy (non-hydrogen) atoms. The quantitative estimate of drug-likeness (QED) is 0.402. The number of hydrogen-bond donors (Lipinski definition) is 0. The molecule has 5 heteroatoms. The van der Waals surface area contributed by atoms with Crippen LogP contribution in [0.1, 0.15) is 0 Å². The minimum atomic E-state index is -1.75. The molecule has 0 aliphatic carbocycles. The molecule has 0 saturated carbocycles. The monoisotopic (exact) mass is 146 g/mol. The lowest BCUT2D eigenvalue weighted by atomic mass is 16.0. The van der Waals surface area contributed by atoms with E-state index < -0.39 is 19.7 Å². The smallest absolute Gasteiger partial charge is 0.328 e. The highest BCUT2D eigenvalue weighted by molar-refractivity contribution is 8.01. The third kappa shape index (κ3) is 5.34. The SMILES string of the molecule is O=[PH](Cl)[AlH][Cl]. The Kier molecular flexibility index (Phi) is 4.48. The van der Waals surface area contributed by atoms with Crippen LogP contribution in [-0.4, -0.2) is 13.9 Å². The lowest BCUT2D eigenvalue weighted by molar-refractivity contribution is 0.602. The van der Waals surface area contributed by atoms with E-state index in [2.05, 4.69) is 0 Å². The molecule has 1 nitrogen and oxygen atoms in total. The summed E-state index contributed by atoms with van der Waals surface area (Å²) in [5.41, 5.74) is 0. The highest BCUT2D eigenvalue weighted by atomic mass is 35.7. The average molecular weight is 147 g/mol. The topological polar surface area (TPSA) is 17.1 Å². The molecule has 0 fully saturated rings. The molecule has 0 rings (SSSR count). The first kappa shape index (κ1) is 6.34. The van der Waals surface area contributed by atoms with E-state index in [1.807, 2.05) is 0 Å². The molecule has 0 aliphatic heterocycles. The van der Waals surface area contributed by atoms with Gasteiger partial charge in [-0.05, 0) is 0 Å². The molecular formula is H2AlCl2OP. The second-order valence-corrected chi connectivity index (χ2v) is 9.21. The fourth-order valence-corrected chi connectivity index (χ4v) is 0. The summed E-state index contributed by atoms with van der Waals surface area (Å²) in [7, 11) is 5.08. The second-order valence-electron chi connectivity index (χ2n) is 0.489. The molecule has 30 valence electrons. The van der Waals surface area contributed by atoms with Gasteiger partial charge in [-0.2, -0.15) is 0 Å². The summed E-state index contributed by atoms with van der Waals surface area (Å²) in [6.45, 7) is 0. The number of halogens is 2. The van der Waals surface area contributed by atoms with Crippen molar-refractivity contribution in [2.45, 2.75) is 0 Å². The lowest BCUT2D eigenvalue weighted by Crippen LogP contribution is -1.49. The molecule has 1 unspecified atom stereocenters. The Morgan fingerprint density at radius 1 is 1.80 bits per heavy atom. The third-order valence-corrected chi connectivity index (χ3v) is 5.56. The zero-order valence-corrected chi connectivity index (χ0v) is 6.30. The molecule has 0 spiro atoms. The predicted molar refractivity (Wildman–Crippen MR) is 27.9 cm³/mol. The van der Waals surface area contributed by atoms with E-state index in [9.17, 15) is 4.57 Å². The van der Waals surface area contributed by atoms with Gasteiger partial charge in [-0.3, -0.25) is 10.0 Å². The molecule has 0 N–H and O–H groups in total. The second kappa shape index (κ2) is 3.53.